The molecule has 60 heavy (non-hydrogen) atoms. The summed E-state index contributed by atoms with van der Waals surface area (Å²) in [4.78, 5) is 0.328. The Morgan fingerprint density at radius 3 is 0.683 bits per heavy atom. The van der Waals surface area contributed by atoms with Gasteiger partial charge >= 0.3 is 0 Å². The largest absolute Gasteiger partial charge is 0.457 e. The number of hydrogen-bond donors (Lipinski definition) is 4. The highest BCUT2D eigenvalue weighted by Gasteiger charge is 2.18. The van der Waals surface area contributed by atoms with Crippen molar-refractivity contribution in [1.82, 2.24) is 0 Å². The van der Waals surface area contributed by atoms with Crippen LogP contribution in [0.1, 0.15) is 0 Å². The number of nitrogens with two attached hydrogens (primary N) is 4. The van der Waals surface area contributed by atoms with E-state index in [-0.39, 0.29) is 9.79 Å². The van der Waals surface area contributed by atoms with Crippen molar-refractivity contribution in [2.45, 2.75) is 9.79 Å². The van der Waals surface area contributed by atoms with Crippen LogP contribution in [-0.4, -0.2) is 8.42 Å². The predicted molar refractivity (Wildman–Crippen MR) is 235 cm³/mol. The number of ether oxygens (including phenoxy) is 5. The topological polar surface area (TPSA) is 184 Å². The molecule has 300 valence electrons. The zero-order chi connectivity index (χ0) is 41.9. The molecule has 0 saturated carbocycles. The van der Waals surface area contributed by atoms with Gasteiger partial charge in [-0.15, -0.1) is 0 Å². The molecular weight excluding hydrogens is 777 g/mol. The van der Waals surface area contributed by atoms with Crippen LogP contribution in [0.5, 0.6) is 57.5 Å². The molecule has 0 saturated heterocycles. The van der Waals surface area contributed by atoms with Gasteiger partial charge in [-0.05, 0) is 146 Å². The van der Waals surface area contributed by atoms with E-state index in [0.29, 0.717) is 80.2 Å². The number of nitrogen functional groups attached to an aromatic ring is 4. The quantitative estimate of drug-likeness (QED) is 0.0860. The summed E-state index contributed by atoms with van der Waals surface area (Å²) in [6.45, 7) is 0. The lowest BCUT2D eigenvalue weighted by molar-refractivity contribution is 0.464. The van der Waals surface area contributed by atoms with E-state index in [1.807, 2.05) is 84.9 Å². The molecule has 0 radical (unpaired) electrons. The third-order valence-corrected chi connectivity index (χ3v) is 10.3. The van der Waals surface area contributed by atoms with Crippen LogP contribution in [0, 0.1) is 0 Å². The molecule has 8 N–H and O–H groups in total. The fraction of sp³-hybridized carbons (Fsp3) is 0. The lowest BCUT2D eigenvalue weighted by Gasteiger charge is -2.10. The van der Waals surface area contributed by atoms with Gasteiger partial charge in [0.2, 0.25) is 9.84 Å². The van der Waals surface area contributed by atoms with Gasteiger partial charge in [-0.25, -0.2) is 8.42 Å². The third-order valence-electron chi connectivity index (χ3n) is 8.53. The third kappa shape index (κ3) is 11.1. The van der Waals surface area contributed by atoms with Gasteiger partial charge in [0.25, 0.3) is 0 Å². The predicted octanol–water partition coefficient (Wildman–Crippen LogP) is 11.5. The van der Waals surface area contributed by atoms with E-state index in [2.05, 4.69) is 0 Å². The minimum atomic E-state index is -3.68. The summed E-state index contributed by atoms with van der Waals surface area (Å²) in [5, 5.41) is 0. The molecule has 0 heterocycles. The Kier molecular flexibility index (Phi) is 12.3. The molecule has 0 amide bonds. The van der Waals surface area contributed by atoms with Gasteiger partial charge in [0.05, 0.1) is 9.79 Å². The molecule has 0 unspecified atom stereocenters. The summed E-state index contributed by atoms with van der Waals surface area (Å²) in [7, 11) is -3.68. The van der Waals surface area contributed by atoms with Crippen molar-refractivity contribution >= 4 is 32.6 Å². The number of benzene rings is 8. The van der Waals surface area contributed by atoms with Crippen LogP contribution >= 0.6 is 0 Å². The van der Waals surface area contributed by atoms with Crippen molar-refractivity contribution in [3.63, 3.8) is 0 Å². The molecule has 0 fully saturated rings. The molecule has 8 aromatic rings. The van der Waals surface area contributed by atoms with Gasteiger partial charge in [-0.2, -0.15) is 0 Å². The summed E-state index contributed by atoms with van der Waals surface area (Å²) < 4.78 is 54.8. The molecule has 0 aromatic heterocycles. The van der Waals surface area contributed by atoms with Gasteiger partial charge in [-0.1, -0.05) is 24.3 Å². The van der Waals surface area contributed by atoms with Gasteiger partial charge in [0.1, 0.15) is 57.5 Å². The van der Waals surface area contributed by atoms with E-state index in [0.717, 1.165) is 0 Å². The van der Waals surface area contributed by atoms with Crippen molar-refractivity contribution in [3.8, 4) is 57.5 Å². The molecule has 0 spiro atoms. The molecule has 0 aliphatic rings. The number of rotatable bonds is 12. The van der Waals surface area contributed by atoms with E-state index in [1.54, 1.807) is 84.9 Å². The maximum Gasteiger partial charge on any atom is 0.206 e. The smallest absolute Gasteiger partial charge is 0.206 e. The second kappa shape index (κ2) is 18.4. The first-order chi connectivity index (χ1) is 29.0. The molecule has 0 aliphatic heterocycles. The number of anilines is 4. The Hall–Kier alpha value is -8.09. The zero-order valence-corrected chi connectivity index (χ0v) is 32.9. The number of hydrogen-bond acceptors (Lipinski definition) is 11. The van der Waals surface area contributed by atoms with Gasteiger partial charge < -0.3 is 46.6 Å². The van der Waals surface area contributed by atoms with Gasteiger partial charge in [-0.3, -0.25) is 0 Å². The summed E-state index contributed by atoms with van der Waals surface area (Å²) in [6.07, 6.45) is 0. The van der Waals surface area contributed by atoms with Crippen LogP contribution in [0.25, 0.3) is 0 Å². The first-order valence-corrected chi connectivity index (χ1v) is 20.0. The van der Waals surface area contributed by atoms with Crippen molar-refractivity contribution in [3.05, 3.63) is 194 Å². The Balaban J connectivity index is 0.000000182. The van der Waals surface area contributed by atoms with Gasteiger partial charge in [0, 0.05) is 47.0 Å². The van der Waals surface area contributed by atoms with E-state index in [4.69, 9.17) is 46.6 Å². The Labute approximate surface area is 347 Å². The van der Waals surface area contributed by atoms with E-state index in [1.165, 1.54) is 24.3 Å². The highest BCUT2D eigenvalue weighted by atomic mass is 32.2. The molecule has 12 heteroatoms. The Morgan fingerprint density at radius 1 is 0.267 bits per heavy atom. The van der Waals surface area contributed by atoms with Crippen molar-refractivity contribution < 1.29 is 32.1 Å². The highest BCUT2D eigenvalue weighted by molar-refractivity contribution is 7.91. The minimum absolute atomic E-state index is 0.164. The van der Waals surface area contributed by atoms with Gasteiger partial charge in [0.15, 0.2) is 0 Å². The molecular formula is C48H40N4O7S. The van der Waals surface area contributed by atoms with E-state index >= 15 is 0 Å². The van der Waals surface area contributed by atoms with Crippen molar-refractivity contribution in [2.24, 2.45) is 0 Å². The second-order valence-corrected chi connectivity index (χ2v) is 15.1. The Bertz CT molecular complexity index is 2600. The van der Waals surface area contributed by atoms with Crippen LogP contribution in [0.2, 0.25) is 0 Å². The van der Waals surface area contributed by atoms with E-state index < -0.39 is 9.84 Å². The minimum Gasteiger partial charge on any atom is -0.457 e. The summed E-state index contributed by atoms with van der Waals surface area (Å²) >= 11 is 0. The van der Waals surface area contributed by atoms with Crippen LogP contribution in [0.15, 0.2) is 204 Å². The van der Waals surface area contributed by atoms with E-state index in [9.17, 15) is 8.42 Å². The fourth-order valence-corrected chi connectivity index (χ4v) is 6.91. The summed E-state index contributed by atoms with van der Waals surface area (Å²) in [6, 6.07) is 55.8. The molecule has 8 rings (SSSR count). The maximum absolute atomic E-state index is 12.9. The molecule has 8 aromatic carbocycles. The van der Waals surface area contributed by atoms with Crippen LogP contribution < -0.4 is 46.6 Å². The summed E-state index contributed by atoms with van der Waals surface area (Å²) in [5.41, 5.74) is 25.5. The molecule has 11 nitrogen and oxygen atoms in total. The van der Waals surface area contributed by atoms with Crippen LogP contribution in [0.4, 0.5) is 22.7 Å². The fourth-order valence-electron chi connectivity index (χ4n) is 5.65. The lowest BCUT2D eigenvalue weighted by Crippen LogP contribution is -2.01. The second-order valence-electron chi connectivity index (χ2n) is 13.2. The molecule has 0 bridgehead atoms. The van der Waals surface area contributed by atoms with Crippen LogP contribution in [-0.2, 0) is 9.84 Å². The average molecular weight is 817 g/mol. The summed E-state index contributed by atoms with van der Waals surface area (Å²) in [5.74, 6) is 6.36. The van der Waals surface area contributed by atoms with Crippen molar-refractivity contribution in [1.29, 1.82) is 0 Å². The number of sulfone groups is 1. The Morgan fingerprint density at radius 2 is 0.467 bits per heavy atom. The SMILES string of the molecule is Nc1cccc(Oc2ccc(Oc3ccc(Oc4cccc(N)c4)cc3)cc2)c1.Nc1cccc(Oc2ccc(S(=O)(=O)c3ccc(Oc4cccc(N)c4)cc3)cc2)c1. The standard InChI is InChI=1S/C24H20N2O4S.C24H20N2O3/c25-17-3-1-5-21(15-17)29-19-7-11-23(12-8-19)31(27,28)24-13-9-20(10-14-24)30-22-6-2-4-18(26)16-22;25-17-3-1-5-23(15-17)28-21-11-7-19(8-12-21)27-20-9-13-22(14-10-20)29-24-6-2-4-18(26)16-24/h1-16H,25-26H2;1-16H,25-26H2. The highest BCUT2D eigenvalue weighted by Crippen LogP contribution is 2.32. The lowest BCUT2D eigenvalue weighted by atomic mass is 10.3. The average Bonchev–Trinajstić information content (AvgIpc) is 3.23. The van der Waals surface area contributed by atoms with Crippen molar-refractivity contribution in [2.75, 3.05) is 22.9 Å². The normalized spacial score (nSPS) is 10.7. The molecule has 0 atom stereocenters. The monoisotopic (exact) mass is 816 g/mol. The van der Waals surface area contributed by atoms with Crippen LogP contribution in [0.3, 0.4) is 0 Å². The first-order valence-electron chi connectivity index (χ1n) is 18.5. The first kappa shape index (κ1) is 40.1. The molecule has 0 aliphatic carbocycles. The zero-order valence-electron chi connectivity index (χ0n) is 32.1. The maximum atomic E-state index is 12.9.